The van der Waals surface area contributed by atoms with E-state index in [1.54, 1.807) is 11.8 Å². The topological polar surface area (TPSA) is 66.7 Å². The number of nitrogens with zero attached hydrogens (tertiary/aromatic N) is 3. The standard InChI is InChI=1S/C21H19N3O3/c1-15-20(19(22-27-15)17-10-6-3-7-11-17)24-18(25)12-13-23(21(24)26)14-16-8-4-2-5-9-16/h2-11H,12-14H2,1H3. The van der Waals surface area contributed by atoms with E-state index in [9.17, 15) is 9.59 Å². The highest BCUT2D eigenvalue weighted by molar-refractivity contribution is 6.17. The van der Waals surface area contributed by atoms with Gasteiger partial charge in [-0.05, 0) is 12.5 Å². The second-order valence-corrected chi connectivity index (χ2v) is 6.47. The number of hydrogen-bond donors (Lipinski definition) is 0. The van der Waals surface area contributed by atoms with Crippen LogP contribution in [0.3, 0.4) is 0 Å². The summed E-state index contributed by atoms with van der Waals surface area (Å²) in [5, 5.41) is 4.10. The number of benzene rings is 2. The minimum atomic E-state index is -0.349. The van der Waals surface area contributed by atoms with Gasteiger partial charge in [0.15, 0.2) is 5.76 Å². The van der Waals surface area contributed by atoms with Crippen LogP contribution in [0.15, 0.2) is 65.2 Å². The first-order valence-corrected chi connectivity index (χ1v) is 8.82. The number of aromatic nitrogens is 1. The molecule has 6 heteroatoms. The lowest BCUT2D eigenvalue weighted by Gasteiger charge is -2.34. The van der Waals surface area contributed by atoms with Crippen molar-refractivity contribution in [1.82, 2.24) is 10.1 Å². The van der Waals surface area contributed by atoms with Crippen molar-refractivity contribution in [3.63, 3.8) is 0 Å². The number of carbonyl (C=O) groups is 2. The van der Waals surface area contributed by atoms with Crippen LogP contribution in [0.5, 0.6) is 0 Å². The first-order chi connectivity index (χ1) is 13.1. The predicted octanol–water partition coefficient (Wildman–Crippen LogP) is 4.01. The van der Waals surface area contributed by atoms with Crippen LogP contribution in [0.2, 0.25) is 0 Å². The zero-order valence-corrected chi connectivity index (χ0v) is 15.0. The second kappa shape index (κ2) is 7.07. The van der Waals surface area contributed by atoms with Gasteiger partial charge in [0.25, 0.3) is 0 Å². The van der Waals surface area contributed by atoms with Crippen LogP contribution in [-0.4, -0.2) is 28.5 Å². The van der Waals surface area contributed by atoms with Gasteiger partial charge in [-0.2, -0.15) is 0 Å². The molecule has 136 valence electrons. The lowest BCUT2D eigenvalue weighted by Crippen LogP contribution is -2.52. The third-order valence-corrected chi connectivity index (χ3v) is 4.63. The van der Waals surface area contributed by atoms with Crippen molar-refractivity contribution in [1.29, 1.82) is 0 Å². The summed E-state index contributed by atoms with van der Waals surface area (Å²) in [7, 11) is 0. The van der Waals surface area contributed by atoms with E-state index in [0.29, 0.717) is 30.2 Å². The minimum Gasteiger partial charge on any atom is -0.359 e. The molecule has 0 saturated carbocycles. The molecule has 0 bridgehead atoms. The van der Waals surface area contributed by atoms with E-state index < -0.39 is 0 Å². The van der Waals surface area contributed by atoms with E-state index in [2.05, 4.69) is 5.16 Å². The van der Waals surface area contributed by atoms with E-state index in [0.717, 1.165) is 11.1 Å². The van der Waals surface area contributed by atoms with Gasteiger partial charge in [-0.25, -0.2) is 9.69 Å². The van der Waals surface area contributed by atoms with Crippen molar-refractivity contribution < 1.29 is 14.1 Å². The minimum absolute atomic E-state index is 0.243. The van der Waals surface area contributed by atoms with Crippen LogP contribution in [0.1, 0.15) is 17.7 Å². The first-order valence-electron chi connectivity index (χ1n) is 8.82. The number of urea groups is 1. The number of carbonyl (C=O) groups excluding carboxylic acids is 2. The highest BCUT2D eigenvalue weighted by atomic mass is 16.5. The lowest BCUT2D eigenvalue weighted by atomic mass is 10.1. The quantitative estimate of drug-likeness (QED) is 0.704. The van der Waals surface area contributed by atoms with Crippen LogP contribution in [0.25, 0.3) is 11.3 Å². The lowest BCUT2D eigenvalue weighted by molar-refractivity contribution is -0.119. The summed E-state index contributed by atoms with van der Waals surface area (Å²) >= 11 is 0. The van der Waals surface area contributed by atoms with Gasteiger partial charge in [0.2, 0.25) is 5.91 Å². The Kier molecular flexibility index (Phi) is 4.46. The van der Waals surface area contributed by atoms with Crippen molar-refractivity contribution in [2.75, 3.05) is 11.4 Å². The van der Waals surface area contributed by atoms with Gasteiger partial charge in [-0.3, -0.25) is 4.79 Å². The van der Waals surface area contributed by atoms with E-state index >= 15 is 0 Å². The molecule has 0 spiro atoms. The molecule has 2 heterocycles. The van der Waals surface area contributed by atoms with Crippen molar-refractivity contribution in [2.45, 2.75) is 19.9 Å². The fourth-order valence-electron chi connectivity index (χ4n) is 3.27. The monoisotopic (exact) mass is 361 g/mol. The molecule has 0 radical (unpaired) electrons. The van der Waals surface area contributed by atoms with Crippen LogP contribution in [0.4, 0.5) is 10.5 Å². The molecule has 3 amide bonds. The molecule has 4 rings (SSSR count). The number of aryl methyl sites for hydroxylation is 1. The molecular weight excluding hydrogens is 342 g/mol. The molecule has 6 nitrogen and oxygen atoms in total. The molecule has 0 unspecified atom stereocenters. The molecular formula is C21H19N3O3. The zero-order valence-electron chi connectivity index (χ0n) is 15.0. The third-order valence-electron chi connectivity index (χ3n) is 4.63. The summed E-state index contributed by atoms with van der Waals surface area (Å²) in [5.74, 6) is 0.199. The largest absolute Gasteiger partial charge is 0.359 e. The third kappa shape index (κ3) is 3.21. The van der Waals surface area contributed by atoms with Crippen molar-refractivity contribution >= 4 is 17.6 Å². The van der Waals surface area contributed by atoms with E-state index in [-0.39, 0.29) is 18.4 Å². The molecule has 1 aliphatic rings. The molecule has 1 fully saturated rings. The second-order valence-electron chi connectivity index (χ2n) is 6.47. The normalized spacial score (nSPS) is 14.7. The van der Waals surface area contributed by atoms with Crippen LogP contribution < -0.4 is 4.90 Å². The van der Waals surface area contributed by atoms with Gasteiger partial charge in [-0.1, -0.05) is 65.8 Å². The molecule has 1 saturated heterocycles. The Morgan fingerprint density at radius 3 is 2.37 bits per heavy atom. The fraction of sp³-hybridized carbons (Fsp3) is 0.190. The van der Waals surface area contributed by atoms with E-state index in [4.69, 9.17) is 4.52 Å². The van der Waals surface area contributed by atoms with Gasteiger partial charge in [-0.15, -0.1) is 0 Å². The molecule has 0 aliphatic carbocycles. The number of imide groups is 1. The zero-order chi connectivity index (χ0) is 18.8. The van der Waals surface area contributed by atoms with Gasteiger partial charge < -0.3 is 9.42 Å². The number of amides is 3. The van der Waals surface area contributed by atoms with E-state index in [1.165, 1.54) is 4.90 Å². The maximum atomic E-state index is 13.1. The van der Waals surface area contributed by atoms with Crippen molar-refractivity contribution in [2.24, 2.45) is 0 Å². The summed E-state index contributed by atoms with van der Waals surface area (Å²) in [4.78, 5) is 28.7. The maximum Gasteiger partial charge on any atom is 0.331 e. The van der Waals surface area contributed by atoms with Crippen molar-refractivity contribution in [3.05, 3.63) is 72.0 Å². The maximum absolute atomic E-state index is 13.1. The van der Waals surface area contributed by atoms with Crippen molar-refractivity contribution in [3.8, 4) is 11.3 Å². The Labute approximate surface area is 157 Å². The van der Waals surface area contributed by atoms with E-state index in [1.807, 2.05) is 60.7 Å². The molecule has 27 heavy (non-hydrogen) atoms. The average Bonchev–Trinajstić information content (AvgIpc) is 3.07. The highest BCUT2D eigenvalue weighted by Gasteiger charge is 2.37. The Morgan fingerprint density at radius 2 is 1.67 bits per heavy atom. The van der Waals surface area contributed by atoms with Gasteiger partial charge in [0, 0.05) is 25.1 Å². The molecule has 1 aliphatic heterocycles. The number of hydrogen-bond acceptors (Lipinski definition) is 4. The number of anilines is 1. The summed E-state index contributed by atoms with van der Waals surface area (Å²) in [6.45, 7) is 2.56. The smallest absolute Gasteiger partial charge is 0.331 e. The van der Waals surface area contributed by atoms with Gasteiger partial charge >= 0.3 is 6.03 Å². The fourth-order valence-corrected chi connectivity index (χ4v) is 3.27. The molecule has 0 N–H and O–H groups in total. The first kappa shape index (κ1) is 17.0. The Bertz CT molecular complexity index is 967. The summed E-state index contributed by atoms with van der Waals surface area (Å²) in [6.07, 6.45) is 0.261. The Hall–Kier alpha value is -3.41. The average molecular weight is 361 g/mol. The SMILES string of the molecule is Cc1onc(-c2ccccc2)c1N1C(=O)CCN(Cc2ccccc2)C1=O. The number of rotatable bonds is 4. The molecule has 1 aromatic heterocycles. The summed E-state index contributed by atoms with van der Waals surface area (Å²) in [5.41, 5.74) is 2.74. The molecule has 2 aromatic carbocycles. The molecule has 0 atom stereocenters. The predicted molar refractivity (Wildman–Crippen MR) is 101 cm³/mol. The molecule has 3 aromatic rings. The van der Waals surface area contributed by atoms with Crippen LogP contribution in [0, 0.1) is 6.92 Å². The highest BCUT2D eigenvalue weighted by Crippen LogP contribution is 2.35. The van der Waals surface area contributed by atoms with Gasteiger partial charge in [0.05, 0.1) is 0 Å². The summed E-state index contributed by atoms with van der Waals surface area (Å²) < 4.78 is 5.34. The van der Waals surface area contributed by atoms with Crippen LogP contribution >= 0.6 is 0 Å². The Balaban J connectivity index is 1.69. The van der Waals surface area contributed by atoms with Gasteiger partial charge in [0.1, 0.15) is 11.4 Å². The Morgan fingerprint density at radius 1 is 1.00 bits per heavy atom. The summed E-state index contributed by atoms with van der Waals surface area (Å²) in [6, 6.07) is 18.8. The van der Waals surface area contributed by atoms with Crippen LogP contribution in [-0.2, 0) is 11.3 Å².